The monoisotopic (exact) mass is 119 g/mol. The second-order valence-electron chi connectivity index (χ2n) is 1.02. The average Bonchev–Trinajstić information content (AvgIpc) is 1.30. The summed E-state index contributed by atoms with van der Waals surface area (Å²) in [7, 11) is -3.16. The van der Waals surface area contributed by atoms with E-state index in [0.717, 1.165) is 6.26 Å². The Hall–Kier alpha value is -0.690. The maximum absolute atomic E-state index is 9.98. The van der Waals surface area contributed by atoms with E-state index in [1.807, 2.05) is 0 Å². The first-order valence-corrected chi connectivity index (χ1v) is 3.38. The molecule has 0 rings (SSSR count). The molecule has 0 saturated heterocycles. The van der Waals surface area contributed by atoms with Crippen LogP contribution in [0, 0.1) is 11.3 Å². The molecule has 2 N–H and O–H groups in total. The van der Waals surface area contributed by atoms with Crippen molar-refractivity contribution >= 4 is 9.84 Å². The highest BCUT2D eigenvalue weighted by atomic mass is 32.2. The van der Waals surface area contributed by atoms with Gasteiger partial charge in [0.2, 0.25) is 9.84 Å². The summed E-state index contributed by atoms with van der Waals surface area (Å²) in [6.45, 7) is 0. The summed E-state index contributed by atoms with van der Waals surface area (Å²) >= 11 is 0. The van der Waals surface area contributed by atoms with Gasteiger partial charge in [0.05, 0.1) is 6.26 Å². The number of nitrogens with two attached hydrogens (primary N) is 1. The van der Waals surface area contributed by atoms with Crippen molar-refractivity contribution in [1.82, 2.24) is 0 Å². The van der Waals surface area contributed by atoms with Crippen molar-refractivity contribution in [3.63, 3.8) is 0 Å². The molecule has 0 saturated carbocycles. The minimum Gasteiger partial charge on any atom is -0.358 e. The third-order valence-corrected chi connectivity index (χ3v) is 0.733. The SMILES string of the molecule is CS(=O)(=O)C#CN. The van der Waals surface area contributed by atoms with Gasteiger partial charge in [-0.1, -0.05) is 0 Å². The number of sulfone groups is 1. The first-order valence-electron chi connectivity index (χ1n) is 1.48. The molecule has 0 unspecified atom stereocenters. The summed E-state index contributed by atoms with van der Waals surface area (Å²) < 4.78 is 20.0. The van der Waals surface area contributed by atoms with Crippen LogP contribution < -0.4 is 5.73 Å². The van der Waals surface area contributed by atoms with E-state index in [1.165, 1.54) is 0 Å². The van der Waals surface area contributed by atoms with E-state index in [1.54, 1.807) is 11.3 Å². The smallest absolute Gasteiger partial charge is 0.215 e. The molecular weight excluding hydrogens is 114 g/mol. The quantitative estimate of drug-likeness (QED) is 0.325. The van der Waals surface area contributed by atoms with E-state index >= 15 is 0 Å². The Balaban J connectivity index is 4.34. The van der Waals surface area contributed by atoms with Crippen molar-refractivity contribution in [1.29, 1.82) is 0 Å². The third kappa shape index (κ3) is 5.31. The van der Waals surface area contributed by atoms with Gasteiger partial charge in [-0.25, -0.2) is 8.42 Å². The van der Waals surface area contributed by atoms with E-state index < -0.39 is 9.84 Å². The molecule has 7 heavy (non-hydrogen) atoms. The lowest BCUT2D eigenvalue weighted by molar-refractivity contribution is 0.611. The fourth-order valence-corrected chi connectivity index (χ4v) is 0.321. The fraction of sp³-hybridized carbons (Fsp3) is 0.333. The molecule has 0 spiro atoms. The Kier molecular flexibility index (Phi) is 1.66. The van der Waals surface area contributed by atoms with E-state index in [-0.39, 0.29) is 0 Å². The number of rotatable bonds is 0. The average molecular weight is 119 g/mol. The molecule has 0 atom stereocenters. The van der Waals surface area contributed by atoms with Gasteiger partial charge in [0.25, 0.3) is 0 Å². The van der Waals surface area contributed by atoms with Crippen LogP contribution >= 0.6 is 0 Å². The molecule has 0 radical (unpaired) electrons. The maximum atomic E-state index is 9.98. The lowest BCUT2D eigenvalue weighted by Crippen LogP contribution is -1.90. The molecule has 40 valence electrons. The van der Waals surface area contributed by atoms with Crippen LogP contribution in [0.2, 0.25) is 0 Å². The van der Waals surface area contributed by atoms with Gasteiger partial charge in [0.1, 0.15) is 0 Å². The van der Waals surface area contributed by atoms with Crippen LogP contribution in [0.1, 0.15) is 0 Å². The van der Waals surface area contributed by atoms with Crippen molar-refractivity contribution in [3.05, 3.63) is 0 Å². The zero-order valence-electron chi connectivity index (χ0n) is 3.80. The topological polar surface area (TPSA) is 60.2 Å². The Morgan fingerprint density at radius 3 is 2.00 bits per heavy atom. The predicted molar refractivity (Wildman–Crippen MR) is 26.8 cm³/mol. The first kappa shape index (κ1) is 6.31. The Bertz CT molecular complexity index is 193. The zero-order valence-corrected chi connectivity index (χ0v) is 4.62. The van der Waals surface area contributed by atoms with Crippen LogP contribution in [-0.4, -0.2) is 14.7 Å². The maximum Gasteiger partial charge on any atom is 0.215 e. The van der Waals surface area contributed by atoms with Gasteiger partial charge < -0.3 is 5.73 Å². The van der Waals surface area contributed by atoms with Crippen molar-refractivity contribution in [2.45, 2.75) is 0 Å². The van der Waals surface area contributed by atoms with Crippen LogP contribution in [0.3, 0.4) is 0 Å². The molecule has 0 aromatic rings. The highest BCUT2D eigenvalue weighted by molar-refractivity contribution is 7.95. The molecule has 0 amide bonds. The van der Waals surface area contributed by atoms with Crippen LogP contribution in [0.25, 0.3) is 0 Å². The largest absolute Gasteiger partial charge is 0.358 e. The van der Waals surface area contributed by atoms with Crippen LogP contribution in [-0.2, 0) is 9.84 Å². The van der Waals surface area contributed by atoms with Gasteiger partial charge in [-0.2, -0.15) is 0 Å². The van der Waals surface area contributed by atoms with Crippen LogP contribution in [0.15, 0.2) is 0 Å². The molecular formula is C3H5NO2S. The van der Waals surface area contributed by atoms with E-state index in [4.69, 9.17) is 0 Å². The highest BCUT2D eigenvalue weighted by Gasteiger charge is 1.88. The summed E-state index contributed by atoms with van der Waals surface area (Å²) in [5.74, 6) is 0. The van der Waals surface area contributed by atoms with Gasteiger partial charge in [0, 0.05) is 11.3 Å². The minimum absolute atomic E-state index is 0.993. The van der Waals surface area contributed by atoms with Crippen LogP contribution in [0.4, 0.5) is 0 Å². The summed E-state index contributed by atoms with van der Waals surface area (Å²) in [6.07, 6.45) is 0.993. The first-order chi connectivity index (χ1) is 3.06. The standard InChI is InChI=1S/C3H5NO2S/c1-7(5,6)3-2-4/h4H2,1H3. The molecule has 4 heteroatoms. The van der Waals surface area contributed by atoms with E-state index in [2.05, 4.69) is 5.73 Å². The Morgan fingerprint density at radius 1 is 1.57 bits per heavy atom. The summed E-state index contributed by atoms with van der Waals surface area (Å²) in [4.78, 5) is 0. The minimum atomic E-state index is -3.16. The number of hydrogen-bond acceptors (Lipinski definition) is 3. The zero-order chi connectivity index (χ0) is 5.91. The third-order valence-electron chi connectivity index (χ3n) is 0.244. The molecule has 0 aliphatic heterocycles. The Labute approximate surface area is 42.4 Å². The molecule has 0 aliphatic carbocycles. The van der Waals surface area contributed by atoms with Gasteiger partial charge in [0.15, 0.2) is 0 Å². The predicted octanol–water partition coefficient (Wildman–Crippen LogP) is -1.09. The lowest BCUT2D eigenvalue weighted by Gasteiger charge is -1.71. The summed E-state index contributed by atoms with van der Waals surface area (Å²) in [6, 6.07) is 1.77. The lowest BCUT2D eigenvalue weighted by atomic mass is 11.2. The second kappa shape index (κ2) is 1.85. The molecule has 0 aliphatic rings. The van der Waals surface area contributed by atoms with Gasteiger partial charge in [-0.3, -0.25) is 0 Å². The fourth-order valence-electron chi connectivity index (χ4n) is 0.107. The van der Waals surface area contributed by atoms with Crippen molar-refractivity contribution < 1.29 is 8.42 Å². The van der Waals surface area contributed by atoms with E-state index in [0.29, 0.717) is 0 Å². The Morgan fingerprint density at radius 2 is 2.00 bits per heavy atom. The van der Waals surface area contributed by atoms with Gasteiger partial charge in [-0.05, 0) is 0 Å². The van der Waals surface area contributed by atoms with Gasteiger partial charge >= 0.3 is 0 Å². The molecule has 3 nitrogen and oxygen atoms in total. The van der Waals surface area contributed by atoms with Crippen LogP contribution in [0.5, 0.6) is 0 Å². The van der Waals surface area contributed by atoms with Crippen molar-refractivity contribution in [2.75, 3.05) is 6.26 Å². The molecule has 0 aromatic heterocycles. The molecule has 0 heterocycles. The molecule has 0 aromatic carbocycles. The summed E-state index contributed by atoms with van der Waals surface area (Å²) in [5.41, 5.74) is 4.57. The summed E-state index contributed by atoms with van der Waals surface area (Å²) in [5, 5.41) is 1.78. The molecule has 0 bridgehead atoms. The van der Waals surface area contributed by atoms with Crippen molar-refractivity contribution in [3.8, 4) is 11.3 Å². The molecule has 0 fully saturated rings. The number of hydrogen-bond donors (Lipinski definition) is 1. The van der Waals surface area contributed by atoms with E-state index in [9.17, 15) is 8.42 Å². The second-order valence-corrected chi connectivity index (χ2v) is 2.77. The highest BCUT2D eigenvalue weighted by Crippen LogP contribution is 1.70. The van der Waals surface area contributed by atoms with Crippen molar-refractivity contribution in [2.24, 2.45) is 5.73 Å². The van der Waals surface area contributed by atoms with Gasteiger partial charge in [-0.15, -0.1) is 0 Å². The normalized spacial score (nSPS) is 9.29.